The summed E-state index contributed by atoms with van der Waals surface area (Å²) in [5.74, 6) is -1.16. The number of anilines is 2. The molecule has 0 aliphatic heterocycles. The number of carbonyl (C=O) groups excluding carboxylic acids is 2. The Hall–Kier alpha value is -3.45. The number of carbonyl (C=O) groups is 3. The Bertz CT molecular complexity index is 1150. The summed E-state index contributed by atoms with van der Waals surface area (Å²) in [5.41, 5.74) is 2.45. The van der Waals surface area contributed by atoms with Crippen LogP contribution in [0.5, 0.6) is 0 Å². The predicted octanol–water partition coefficient (Wildman–Crippen LogP) is 5.08. The molecule has 0 spiro atoms. The number of fused-ring (bicyclic) bond motifs is 1. The van der Waals surface area contributed by atoms with Crippen LogP contribution in [0.4, 0.5) is 10.7 Å². The van der Waals surface area contributed by atoms with Gasteiger partial charge in [-0.05, 0) is 61.1 Å². The second kappa shape index (κ2) is 8.73. The van der Waals surface area contributed by atoms with Gasteiger partial charge in [-0.2, -0.15) is 0 Å². The quantitative estimate of drug-likeness (QED) is 0.522. The van der Waals surface area contributed by atoms with Crippen molar-refractivity contribution in [2.75, 3.05) is 10.6 Å². The number of amides is 2. The third kappa shape index (κ3) is 4.51. The van der Waals surface area contributed by atoms with Crippen molar-refractivity contribution in [3.05, 3.63) is 81.7 Å². The van der Waals surface area contributed by atoms with Gasteiger partial charge in [0.2, 0.25) is 0 Å². The smallest absolute Gasteiger partial charge is 0.335 e. The van der Waals surface area contributed by atoms with Crippen molar-refractivity contribution < 1.29 is 19.5 Å². The van der Waals surface area contributed by atoms with E-state index in [1.807, 2.05) is 6.07 Å². The number of aromatic carboxylic acids is 1. The van der Waals surface area contributed by atoms with Gasteiger partial charge < -0.3 is 15.7 Å². The maximum Gasteiger partial charge on any atom is 0.335 e. The number of nitrogens with one attached hydrogen (secondary N) is 2. The molecule has 1 unspecified atom stereocenters. The van der Waals surface area contributed by atoms with Crippen molar-refractivity contribution in [1.82, 2.24) is 0 Å². The number of carboxylic acid groups (broad SMARTS) is 1. The first kappa shape index (κ1) is 20.8. The van der Waals surface area contributed by atoms with Crippen LogP contribution in [0, 0.1) is 5.92 Å². The van der Waals surface area contributed by atoms with Crippen molar-refractivity contribution in [2.24, 2.45) is 5.92 Å². The van der Waals surface area contributed by atoms with Gasteiger partial charge in [0.25, 0.3) is 11.8 Å². The van der Waals surface area contributed by atoms with E-state index in [0.717, 1.165) is 29.7 Å². The molecule has 0 saturated heterocycles. The monoisotopic (exact) mass is 434 g/mol. The van der Waals surface area contributed by atoms with Gasteiger partial charge in [-0.3, -0.25) is 9.59 Å². The average molecular weight is 435 g/mol. The van der Waals surface area contributed by atoms with Gasteiger partial charge in [-0.15, -0.1) is 11.3 Å². The van der Waals surface area contributed by atoms with E-state index in [1.165, 1.54) is 23.5 Å². The molecule has 4 rings (SSSR count). The minimum Gasteiger partial charge on any atom is -0.478 e. The van der Waals surface area contributed by atoms with Gasteiger partial charge in [-0.1, -0.05) is 31.2 Å². The standard InChI is InChI=1S/C24H22N2O4S/c1-14-10-11-18-19(12-14)31-23(26-21(27)15-6-3-2-4-7-15)20(18)22(28)25-17-9-5-8-16(13-17)24(29)30/h2-9,13-14H,10-12H2,1H3,(H,25,28)(H,26,27)(H,29,30). The third-order valence-electron chi connectivity index (χ3n) is 5.37. The zero-order valence-electron chi connectivity index (χ0n) is 17.0. The number of hydrogen-bond acceptors (Lipinski definition) is 4. The highest BCUT2D eigenvalue weighted by Crippen LogP contribution is 2.40. The lowest BCUT2D eigenvalue weighted by Gasteiger charge is -2.18. The van der Waals surface area contributed by atoms with Gasteiger partial charge in [0.05, 0.1) is 11.1 Å². The molecule has 7 heteroatoms. The lowest BCUT2D eigenvalue weighted by molar-refractivity contribution is 0.0696. The maximum atomic E-state index is 13.2. The molecule has 31 heavy (non-hydrogen) atoms. The van der Waals surface area contributed by atoms with Crippen LogP contribution >= 0.6 is 11.3 Å². The summed E-state index contributed by atoms with van der Waals surface area (Å²) >= 11 is 1.45. The maximum absolute atomic E-state index is 13.2. The molecule has 1 heterocycles. The fourth-order valence-corrected chi connectivity index (χ4v) is 5.17. The molecule has 1 aromatic heterocycles. The Morgan fingerprint density at radius 3 is 2.45 bits per heavy atom. The highest BCUT2D eigenvalue weighted by atomic mass is 32.1. The number of carboxylic acids is 1. The Labute approximate surface area is 183 Å². The normalized spacial score (nSPS) is 15.1. The van der Waals surface area contributed by atoms with Crippen molar-refractivity contribution >= 4 is 39.8 Å². The second-order valence-corrected chi connectivity index (χ2v) is 8.82. The van der Waals surface area contributed by atoms with Crippen molar-refractivity contribution in [1.29, 1.82) is 0 Å². The van der Waals surface area contributed by atoms with Gasteiger partial charge in [0, 0.05) is 16.1 Å². The van der Waals surface area contributed by atoms with Crippen LogP contribution in [0.3, 0.4) is 0 Å². The highest BCUT2D eigenvalue weighted by Gasteiger charge is 2.28. The average Bonchev–Trinajstić information content (AvgIpc) is 3.11. The van der Waals surface area contributed by atoms with Gasteiger partial charge in [-0.25, -0.2) is 4.79 Å². The largest absolute Gasteiger partial charge is 0.478 e. The molecule has 158 valence electrons. The minimum absolute atomic E-state index is 0.0941. The molecule has 1 atom stereocenters. The molecule has 1 aliphatic carbocycles. The third-order valence-corrected chi connectivity index (χ3v) is 6.54. The fourth-order valence-electron chi connectivity index (χ4n) is 3.77. The number of rotatable bonds is 5. The molecule has 1 aliphatic rings. The van der Waals surface area contributed by atoms with E-state index in [1.54, 1.807) is 36.4 Å². The zero-order valence-corrected chi connectivity index (χ0v) is 17.8. The van der Waals surface area contributed by atoms with Gasteiger partial charge in [0.1, 0.15) is 5.00 Å². The molecular weight excluding hydrogens is 412 g/mol. The Balaban J connectivity index is 1.66. The van der Waals surface area contributed by atoms with Crippen molar-refractivity contribution in [3.63, 3.8) is 0 Å². The molecule has 3 N–H and O–H groups in total. The topological polar surface area (TPSA) is 95.5 Å². The van der Waals surface area contributed by atoms with Gasteiger partial charge in [0.15, 0.2) is 0 Å². The molecular formula is C24H22N2O4S. The molecule has 6 nitrogen and oxygen atoms in total. The number of benzene rings is 2. The second-order valence-electron chi connectivity index (χ2n) is 7.72. The van der Waals surface area contributed by atoms with Crippen LogP contribution in [0.25, 0.3) is 0 Å². The first-order valence-corrected chi connectivity index (χ1v) is 10.9. The molecule has 0 saturated carbocycles. The minimum atomic E-state index is -1.06. The Morgan fingerprint density at radius 2 is 1.71 bits per heavy atom. The molecule has 2 amide bonds. The summed E-state index contributed by atoms with van der Waals surface area (Å²) < 4.78 is 0. The summed E-state index contributed by atoms with van der Waals surface area (Å²) in [5, 5.41) is 15.5. The summed E-state index contributed by atoms with van der Waals surface area (Å²) in [6.45, 7) is 2.18. The summed E-state index contributed by atoms with van der Waals surface area (Å²) in [6, 6.07) is 15.0. The van der Waals surface area contributed by atoms with E-state index < -0.39 is 5.97 Å². The highest BCUT2D eigenvalue weighted by molar-refractivity contribution is 7.17. The molecule has 0 bridgehead atoms. The van der Waals surface area contributed by atoms with Gasteiger partial charge >= 0.3 is 5.97 Å². The van der Waals surface area contributed by atoms with Crippen LogP contribution in [0.1, 0.15) is 54.9 Å². The molecule has 0 fully saturated rings. The van der Waals surface area contributed by atoms with E-state index in [2.05, 4.69) is 17.6 Å². The lowest BCUT2D eigenvalue weighted by atomic mass is 9.88. The summed E-state index contributed by atoms with van der Waals surface area (Å²) in [7, 11) is 0. The van der Waals surface area contributed by atoms with Crippen LogP contribution in [0.15, 0.2) is 54.6 Å². The Kier molecular flexibility index (Phi) is 5.86. The van der Waals surface area contributed by atoms with Crippen LogP contribution in [0.2, 0.25) is 0 Å². The van der Waals surface area contributed by atoms with Crippen molar-refractivity contribution in [2.45, 2.75) is 26.2 Å². The summed E-state index contributed by atoms with van der Waals surface area (Å²) in [6.07, 6.45) is 2.62. The van der Waals surface area contributed by atoms with E-state index in [-0.39, 0.29) is 17.4 Å². The van der Waals surface area contributed by atoms with E-state index in [0.29, 0.717) is 27.7 Å². The zero-order chi connectivity index (χ0) is 22.0. The van der Waals surface area contributed by atoms with Crippen LogP contribution in [-0.2, 0) is 12.8 Å². The number of hydrogen-bond donors (Lipinski definition) is 3. The Morgan fingerprint density at radius 1 is 0.968 bits per heavy atom. The van der Waals surface area contributed by atoms with E-state index >= 15 is 0 Å². The molecule has 0 radical (unpaired) electrons. The van der Waals surface area contributed by atoms with Crippen LogP contribution in [-0.4, -0.2) is 22.9 Å². The first-order valence-electron chi connectivity index (χ1n) is 10.1. The SMILES string of the molecule is CC1CCc2c(sc(NC(=O)c3ccccc3)c2C(=O)Nc2cccc(C(=O)O)c2)C1. The van der Waals surface area contributed by atoms with E-state index in [4.69, 9.17) is 0 Å². The first-order chi connectivity index (χ1) is 14.9. The molecule has 2 aromatic carbocycles. The van der Waals surface area contributed by atoms with Crippen LogP contribution < -0.4 is 10.6 Å². The van der Waals surface area contributed by atoms with E-state index in [9.17, 15) is 19.5 Å². The number of thiophene rings is 1. The van der Waals surface area contributed by atoms with Crippen molar-refractivity contribution in [3.8, 4) is 0 Å². The molecule has 3 aromatic rings. The summed E-state index contributed by atoms with van der Waals surface area (Å²) in [4.78, 5) is 38.3. The lowest BCUT2D eigenvalue weighted by Crippen LogP contribution is -2.19. The predicted molar refractivity (Wildman–Crippen MR) is 121 cm³/mol. The fraction of sp³-hybridized carbons (Fsp3) is 0.208.